The lowest BCUT2D eigenvalue weighted by Gasteiger charge is -2.13. The minimum absolute atomic E-state index is 0.184. The largest absolute Gasteiger partial charge is 0.453 e. The van der Waals surface area contributed by atoms with Crippen LogP contribution in [0.15, 0.2) is 48.7 Å². The number of ether oxygens (including phenoxy) is 1. The van der Waals surface area contributed by atoms with Crippen molar-refractivity contribution in [2.45, 2.75) is 13.8 Å². The number of amides is 1. The molecule has 1 amide bonds. The van der Waals surface area contributed by atoms with Crippen LogP contribution in [0.25, 0.3) is 10.9 Å². The van der Waals surface area contributed by atoms with Crippen LogP contribution < -0.4 is 15.8 Å². The number of aryl methyl sites for hydroxylation is 1. The van der Waals surface area contributed by atoms with Crippen LogP contribution in [-0.4, -0.2) is 10.9 Å². The van der Waals surface area contributed by atoms with Crippen molar-refractivity contribution in [2.24, 2.45) is 0 Å². The molecule has 0 spiro atoms. The quantitative estimate of drug-likeness (QED) is 0.720. The minimum Gasteiger partial charge on any atom is -0.453 e. The summed E-state index contributed by atoms with van der Waals surface area (Å²) in [6.45, 7) is 3.46. The second kappa shape index (κ2) is 5.96. The number of nitrogens with one attached hydrogen (secondary N) is 1. The first-order chi connectivity index (χ1) is 11.1. The molecule has 1 heterocycles. The molecule has 5 nitrogen and oxygen atoms in total. The lowest BCUT2D eigenvalue weighted by molar-refractivity contribution is -0.114. The van der Waals surface area contributed by atoms with Crippen LogP contribution in [0.3, 0.4) is 0 Å². The molecule has 0 aliphatic heterocycles. The number of carbonyl (C=O) groups is 1. The van der Waals surface area contributed by atoms with Crippen LogP contribution >= 0.6 is 0 Å². The van der Waals surface area contributed by atoms with Gasteiger partial charge in [-0.25, -0.2) is 0 Å². The molecule has 3 N–H and O–H groups in total. The average molecular weight is 307 g/mol. The monoisotopic (exact) mass is 307 g/mol. The predicted octanol–water partition coefficient (Wildman–Crippen LogP) is 3.88. The van der Waals surface area contributed by atoms with E-state index >= 15 is 0 Å². The molecule has 116 valence electrons. The third-order valence-electron chi connectivity index (χ3n) is 3.55. The van der Waals surface area contributed by atoms with Gasteiger partial charge < -0.3 is 15.8 Å². The molecule has 0 fully saturated rings. The van der Waals surface area contributed by atoms with E-state index in [9.17, 15) is 4.79 Å². The highest BCUT2D eigenvalue weighted by Gasteiger charge is 2.11. The predicted molar refractivity (Wildman–Crippen MR) is 91.7 cm³/mol. The summed E-state index contributed by atoms with van der Waals surface area (Å²) in [7, 11) is 0. The lowest BCUT2D eigenvalue weighted by Crippen LogP contribution is -2.08. The van der Waals surface area contributed by atoms with Gasteiger partial charge in [0.15, 0.2) is 11.5 Å². The summed E-state index contributed by atoms with van der Waals surface area (Å²) >= 11 is 0. The van der Waals surface area contributed by atoms with Crippen molar-refractivity contribution in [2.75, 3.05) is 11.1 Å². The smallest absolute Gasteiger partial charge is 0.221 e. The van der Waals surface area contributed by atoms with Gasteiger partial charge in [0.05, 0.1) is 11.4 Å². The number of nitrogens with zero attached hydrogens (tertiary/aromatic N) is 1. The van der Waals surface area contributed by atoms with Crippen LogP contribution in [0, 0.1) is 6.92 Å². The van der Waals surface area contributed by atoms with E-state index in [1.54, 1.807) is 24.4 Å². The fourth-order valence-electron chi connectivity index (χ4n) is 2.42. The number of benzene rings is 2. The first-order valence-corrected chi connectivity index (χ1v) is 7.24. The van der Waals surface area contributed by atoms with E-state index < -0.39 is 0 Å². The van der Waals surface area contributed by atoms with Crippen molar-refractivity contribution in [1.82, 2.24) is 4.98 Å². The zero-order valence-electron chi connectivity index (χ0n) is 13.0. The highest BCUT2D eigenvalue weighted by molar-refractivity contribution is 5.93. The molecule has 0 saturated heterocycles. The molecule has 0 aliphatic rings. The van der Waals surface area contributed by atoms with E-state index in [4.69, 9.17) is 10.5 Å². The van der Waals surface area contributed by atoms with E-state index in [0.29, 0.717) is 22.9 Å². The standard InChI is InChI=1S/C18H17N3O2/c1-11-9-10-20-18-13(11)5-3-8-16(18)23-15-7-4-6-14(17(15)19)21-12(2)22/h3-10H,19H2,1-2H3,(H,21,22). The Kier molecular flexibility index (Phi) is 3.85. The Bertz CT molecular complexity index is 891. The second-order valence-electron chi connectivity index (χ2n) is 5.28. The van der Waals surface area contributed by atoms with Gasteiger partial charge in [0, 0.05) is 18.5 Å². The Morgan fingerprint density at radius 2 is 1.87 bits per heavy atom. The molecule has 0 unspecified atom stereocenters. The van der Waals surface area contributed by atoms with Gasteiger partial charge in [0.25, 0.3) is 0 Å². The maximum absolute atomic E-state index is 11.2. The van der Waals surface area contributed by atoms with Gasteiger partial charge in [-0.1, -0.05) is 18.2 Å². The third-order valence-corrected chi connectivity index (χ3v) is 3.55. The molecule has 2 aromatic carbocycles. The molecule has 0 radical (unpaired) electrons. The van der Waals surface area contributed by atoms with Crippen LogP contribution in [0.1, 0.15) is 12.5 Å². The Morgan fingerprint density at radius 3 is 2.65 bits per heavy atom. The summed E-state index contributed by atoms with van der Waals surface area (Å²) in [6, 6.07) is 13.0. The number of hydrogen-bond donors (Lipinski definition) is 2. The Hall–Kier alpha value is -3.08. The zero-order valence-corrected chi connectivity index (χ0v) is 13.0. The summed E-state index contributed by atoms with van der Waals surface area (Å²) in [5.74, 6) is 0.918. The lowest BCUT2D eigenvalue weighted by atomic mass is 10.1. The van der Waals surface area contributed by atoms with E-state index in [-0.39, 0.29) is 5.91 Å². The average Bonchev–Trinajstić information content (AvgIpc) is 2.52. The number of aromatic nitrogens is 1. The van der Waals surface area contributed by atoms with E-state index in [1.807, 2.05) is 31.2 Å². The van der Waals surface area contributed by atoms with E-state index in [2.05, 4.69) is 10.3 Å². The van der Waals surface area contributed by atoms with Gasteiger partial charge in [0.2, 0.25) is 5.91 Å². The SMILES string of the molecule is CC(=O)Nc1cccc(Oc2cccc3c(C)ccnc23)c1N. The number of rotatable bonds is 3. The fourth-order valence-corrected chi connectivity index (χ4v) is 2.42. The maximum Gasteiger partial charge on any atom is 0.221 e. The summed E-state index contributed by atoms with van der Waals surface area (Å²) in [5, 5.41) is 3.72. The molecule has 1 aromatic heterocycles. The number of hydrogen-bond acceptors (Lipinski definition) is 4. The number of pyridine rings is 1. The summed E-state index contributed by atoms with van der Waals surface area (Å²) in [6.07, 6.45) is 1.75. The van der Waals surface area contributed by atoms with Crippen LogP contribution in [0.5, 0.6) is 11.5 Å². The number of carbonyl (C=O) groups excluding carboxylic acids is 1. The summed E-state index contributed by atoms with van der Waals surface area (Å²) in [4.78, 5) is 15.6. The topological polar surface area (TPSA) is 77.2 Å². The van der Waals surface area contributed by atoms with Gasteiger partial charge in [-0.05, 0) is 36.8 Å². The van der Waals surface area contributed by atoms with Gasteiger partial charge in [0.1, 0.15) is 5.52 Å². The molecule has 3 rings (SSSR count). The number of anilines is 2. The maximum atomic E-state index is 11.2. The molecular weight excluding hydrogens is 290 g/mol. The second-order valence-corrected chi connectivity index (χ2v) is 5.28. The molecule has 0 atom stereocenters. The van der Waals surface area contributed by atoms with E-state index in [0.717, 1.165) is 16.5 Å². The molecule has 23 heavy (non-hydrogen) atoms. The minimum atomic E-state index is -0.184. The Morgan fingerprint density at radius 1 is 1.13 bits per heavy atom. The van der Waals surface area contributed by atoms with Crippen molar-refractivity contribution in [1.29, 1.82) is 0 Å². The third kappa shape index (κ3) is 2.94. The zero-order chi connectivity index (χ0) is 16.4. The molecule has 3 aromatic rings. The van der Waals surface area contributed by atoms with Crippen molar-refractivity contribution >= 4 is 28.2 Å². The fraction of sp³-hybridized carbons (Fsp3) is 0.111. The number of para-hydroxylation sites is 2. The normalized spacial score (nSPS) is 10.5. The van der Waals surface area contributed by atoms with Crippen molar-refractivity contribution in [3.63, 3.8) is 0 Å². The van der Waals surface area contributed by atoms with Crippen LogP contribution in [-0.2, 0) is 4.79 Å². The van der Waals surface area contributed by atoms with E-state index in [1.165, 1.54) is 6.92 Å². The van der Waals surface area contributed by atoms with Gasteiger partial charge in [-0.15, -0.1) is 0 Å². The van der Waals surface area contributed by atoms with Gasteiger partial charge >= 0.3 is 0 Å². The number of nitrogens with two attached hydrogens (primary N) is 1. The Balaban J connectivity index is 2.03. The Labute approximate surface area is 134 Å². The summed E-state index contributed by atoms with van der Waals surface area (Å²) in [5.41, 5.74) is 8.90. The van der Waals surface area contributed by atoms with Gasteiger partial charge in [-0.2, -0.15) is 0 Å². The first-order valence-electron chi connectivity index (χ1n) is 7.24. The number of nitrogen functional groups attached to an aromatic ring is 1. The molecule has 5 heteroatoms. The first kappa shape index (κ1) is 14.8. The summed E-state index contributed by atoms with van der Waals surface area (Å²) < 4.78 is 5.96. The van der Waals surface area contributed by atoms with Crippen molar-refractivity contribution < 1.29 is 9.53 Å². The molecule has 0 saturated carbocycles. The van der Waals surface area contributed by atoms with Crippen LogP contribution in [0.4, 0.5) is 11.4 Å². The highest BCUT2D eigenvalue weighted by atomic mass is 16.5. The number of fused-ring (bicyclic) bond motifs is 1. The highest BCUT2D eigenvalue weighted by Crippen LogP contribution is 2.35. The van der Waals surface area contributed by atoms with Crippen molar-refractivity contribution in [3.8, 4) is 11.5 Å². The molecular formula is C18H17N3O2. The van der Waals surface area contributed by atoms with Crippen LogP contribution in [0.2, 0.25) is 0 Å². The molecule has 0 bridgehead atoms. The van der Waals surface area contributed by atoms with Gasteiger partial charge in [-0.3, -0.25) is 9.78 Å². The molecule has 0 aliphatic carbocycles. The van der Waals surface area contributed by atoms with Crippen molar-refractivity contribution in [3.05, 3.63) is 54.2 Å².